The molecule has 2 N–H and O–H groups in total. The lowest BCUT2D eigenvalue weighted by Gasteiger charge is -2.34. The molecule has 2 aromatic rings. The molecular formula is C21H25BrN4O2S. The molecule has 2 aliphatic rings. The van der Waals surface area contributed by atoms with Crippen molar-refractivity contribution in [2.24, 2.45) is 0 Å². The number of benzene rings is 1. The Hall–Kier alpha value is -1.74. The maximum absolute atomic E-state index is 12.6. The molecule has 1 aromatic heterocycles. The second kappa shape index (κ2) is 9.38. The van der Waals surface area contributed by atoms with Crippen LogP contribution < -0.4 is 10.6 Å². The molecule has 1 saturated carbocycles. The Morgan fingerprint density at radius 2 is 1.76 bits per heavy atom. The van der Waals surface area contributed by atoms with Crippen molar-refractivity contribution in [2.45, 2.75) is 25.4 Å². The zero-order valence-corrected chi connectivity index (χ0v) is 18.6. The molecule has 0 radical (unpaired) electrons. The molecule has 0 unspecified atom stereocenters. The smallest absolute Gasteiger partial charge is 0.253 e. The first kappa shape index (κ1) is 20.5. The number of anilines is 1. The second-order valence-corrected chi connectivity index (χ2v) is 10.1. The van der Waals surface area contributed by atoms with Gasteiger partial charge < -0.3 is 10.6 Å². The summed E-state index contributed by atoms with van der Waals surface area (Å²) in [5.41, 5.74) is 1.11. The van der Waals surface area contributed by atoms with E-state index in [1.165, 1.54) is 4.88 Å². The largest absolute Gasteiger partial charge is 0.349 e. The van der Waals surface area contributed by atoms with Gasteiger partial charge in [-0.1, -0.05) is 12.1 Å². The molecule has 1 aromatic carbocycles. The lowest BCUT2D eigenvalue weighted by Crippen LogP contribution is -2.48. The van der Waals surface area contributed by atoms with Crippen molar-refractivity contribution in [1.82, 2.24) is 15.1 Å². The van der Waals surface area contributed by atoms with E-state index in [9.17, 15) is 9.59 Å². The van der Waals surface area contributed by atoms with Crippen molar-refractivity contribution in [3.05, 3.63) is 50.6 Å². The summed E-state index contributed by atoms with van der Waals surface area (Å²) in [6, 6.07) is 11.7. The summed E-state index contributed by atoms with van der Waals surface area (Å²) in [7, 11) is 0. The summed E-state index contributed by atoms with van der Waals surface area (Å²) >= 11 is 5.28. The van der Waals surface area contributed by atoms with Gasteiger partial charge >= 0.3 is 0 Å². The van der Waals surface area contributed by atoms with E-state index in [1.54, 1.807) is 23.5 Å². The van der Waals surface area contributed by atoms with Gasteiger partial charge in [-0.05, 0) is 53.0 Å². The number of amides is 2. The molecule has 29 heavy (non-hydrogen) atoms. The van der Waals surface area contributed by atoms with Gasteiger partial charge in [0.05, 0.1) is 21.6 Å². The molecule has 2 fully saturated rings. The fraction of sp³-hybridized carbons (Fsp3) is 0.429. The third-order valence-electron chi connectivity index (χ3n) is 5.20. The molecule has 154 valence electrons. The van der Waals surface area contributed by atoms with E-state index in [2.05, 4.69) is 48.5 Å². The first-order chi connectivity index (χ1) is 14.1. The van der Waals surface area contributed by atoms with E-state index in [1.807, 2.05) is 12.1 Å². The Kier molecular flexibility index (Phi) is 6.64. The zero-order valence-electron chi connectivity index (χ0n) is 16.2. The lowest BCUT2D eigenvalue weighted by molar-refractivity contribution is -0.117. The summed E-state index contributed by atoms with van der Waals surface area (Å²) in [6.45, 7) is 4.93. The number of nitrogens with one attached hydrogen (secondary N) is 2. The van der Waals surface area contributed by atoms with Crippen LogP contribution in [0, 0.1) is 0 Å². The van der Waals surface area contributed by atoms with Gasteiger partial charge in [-0.15, -0.1) is 11.3 Å². The first-order valence-corrected chi connectivity index (χ1v) is 11.6. The molecule has 1 aliphatic carbocycles. The summed E-state index contributed by atoms with van der Waals surface area (Å²) in [4.78, 5) is 30.9. The number of halogens is 1. The quantitative estimate of drug-likeness (QED) is 0.643. The van der Waals surface area contributed by atoms with Crippen molar-refractivity contribution < 1.29 is 9.59 Å². The highest BCUT2D eigenvalue weighted by atomic mass is 79.9. The van der Waals surface area contributed by atoms with Gasteiger partial charge in [0.15, 0.2) is 0 Å². The number of carbonyl (C=O) groups is 2. The van der Waals surface area contributed by atoms with Crippen LogP contribution in [0.1, 0.15) is 28.1 Å². The van der Waals surface area contributed by atoms with Crippen molar-refractivity contribution in [2.75, 3.05) is 38.0 Å². The number of nitrogens with zero attached hydrogens (tertiary/aromatic N) is 2. The van der Waals surface area contributed by atoms with Gasteiger partial charge in [0.2, 0.25) is 5.91 Å². The normalized spacial score (nSPS) is 17.8. The van der Waals surface area contributed by atoms with E-state index in [0.29, 0.717) is 17.8 Å². The molecule has 2 amide bonds. The minimum absolute atomic E-state index is 0.0766. The summed E-state index contributed by atoms with van der Waals surface area (Å²) < 4.78 is 1.16. The van der Waals surface area contributed by atoms with Crippen molar-refractivity contribution >= 4 is 44.8 Å². The number of para-hydroxylation sites is 1. The maximum Gasteiger partial charge on any atom is 0.253 e. The number of hydrogen-bond acceptors (Lipinski definition) is 5. The third-order valence-corrected chi connectivity index (χ3v) is 6.81. The molecule has 4 rings (SSSR count). The van der Waals surface area contributed by atoms with Crippen LogP contribution in [-0.2, 0) is 11.3 Å². The topological polar surface area (TPSA) is 64.7 Å². The number of carbonyl (C=O) groups excluding carboxylic acids is 2. The van der Waals surface area contributed by atoms with Crippen LogP contribution in [0.2, 0.25) is 0 Å². The standard InChI is InChI=1S/C21H25BrN4O2S/c22-19-8-7-16(29-19)13-25-9-11-26(12-10-25)14-20(27)24-18-4-2-1-3-17(18)21(28)23-15-5-6-15/h1-4,7-8,15H,5-6,9-14H2,(H,23,28)(H,24,27). The van der Waals surface area contributed by atoms with Crippen molar-refractivity contribution in [3.8, 4) is 0 Å². The van der Waals surface area contributed by atoms with Crippen LogP contribution in [0.25, 0.3) is 0 Å². The van der Waals surface area contributed by atoms with Gasteiger partial charge in [-0.3, -0.25) is 19.4 Å². The van der Waals surface area contributed by atoms with Crippen LogP contribution >= 0.6 is 27.3 Å². The highest BCUT2D eigenvalue weighted by Crippen LogP contribution is 2.24. The molecule has 0 spiro atoms. The van der Waals surface area contributed by atoms with Gasteiger partial charge in [-0.2, -0.15) is 0 Å². The van der Waals surface area contributed by atoms with Crippen LogP contribution in [0.5, 0.6) is 0 Å². The maximum atomic E-state index is 12.6. The van der Waals surface area contributed by atoms with Gasteiger partial charge in [0, 0.05) is 43.6 Å². The number of thiophene rings is 1. The SMILES string of the molecule is O=C(CN1CCN(Cc2ccc(Br)s2)CC1)Nc1ccccc1C(=O)NC1CC1. The molecule has 0 bridgehead atoms. The predicted octanol–water partition coefficient (Wildman–Crippen LogP) is 3.16. The average Bonchev–Trinajstić information content (AvgIpc) is 3.43. The van der Waals surface area contributed by atoms with E-state index >= 15 is 0 Å². The third kappa shape index (κ3) is 5.88. The zero-order chi connectivity index (χ0) is 20.2. The predicted molar refractivity (Wildman–Crippen MR) is 119 cm³/mol. The summed E-state index contributed by atoms with van der Waals surface area (Å²) in [5, 5.41) is 5.91. The van der Waals surface area contributed by atoms with E-state index < -0.39 is 0 Å². The molecular weight excluding hydrogens is 452 g/mol. The highest BCUT2D eigenvalue weighted by Gasteiger charge is 2.25. The number of rotatable bonds is 7. The fourth-order valence-electron chi connectivity index (χ4n) is 3.44. The van der Waals surface area contributed by atoms with Crippen LogP contribution in [0.15, 0.2) is 40.2 Å². The molecule has 0 atom stereocenters. The Morgan fingerprint density at radius 3 is 2.45 bits per heavy atom. The second-order valence-electron chi connectivity index (χ2n) is 7.60. The Morgan fingerprint density at radius 1 is 1.03 bits per heavy atom. The summed E-state index contributed by atoms with van der Waals surface area (Å²) in [5.74, 6) is -0.190. The average molecular weight is 477 g/mol. The van der Waals surface area contributed by atoms with Crippen molar-refractivity contribution in [3.63, 3.8) is 0 Å². The van der Waals surface area contributed by atoms with Gasteiger partial charge in [-0.25, -0.2) is 0 Å². The fourth-order valence-corrected chi connectivity index (χ4v) is 4.96. The molecule has 6 nitrogen and oxygen atoms in total. The van der Waals surface area contributed by atoms with Crippen molar-refractivity contribution in [1.29, 1.82) is 0 Å². The van der Waals surface area contributed by atoms with Gasteiger partial charge in [0.1, 0.15) is 0 Å². The monoisotopic (exact) mass is 476 g/mol. The Bertz CT molecular complexity index is 875. The van der Waals surface area contributed by atoms with Crippen LogP contribution in [0.4, 0.5) is 5.69 Å². The molecule has 1 saturated heterocycles. The highest BCUT2D eigenvalue weighted by molar-refractivity contribution is 9.11. The van der Waals surface area contributed by atoms with Gasteiger partial charge in [0.25, 0.3) is 5.91 Å². The molecule has 1 aliphatic heterocycles. The summed E-state index contributed by atoms with van der Waals surface area (Å²) in [6.07, 6.45) is 2.08. The molecule has 8 heteroatoms. The Balaban J connectivity index is 1.26. The molecule has 2 heterocycles. The van der Waals surface area contributed by atoms with E-state index in [-0.39, 0.29) is 17.9 Å². The first-order valence-electron chi connectivity index (χ1n) is 9.95. The number of hydrogen-bond donors (Lipinski definition) is 2. The minimum Gasteiger partial charge on any atom is -0.349 e. The van der Waals surface area contributed by atoms with E-state index in [4.69, 9.17) is 0 Å². The van der Waals surface area contributed by atoms with E-state index in [0.717, 1.165) is 49.4 Å². The van der Waals surface area contributed by atoms with Crippen LogP contribution in [0.3, 0.4) is 0 Å². The number of piperazine rings is 1. The Labute approximate surface area is 183 Å². The lowest BCUT2D eigenvalue weighted by atomic mass is 10.1. The van der Waals surface area contributed by atoms with Crippen LogP contribution in [-0.4, -0.2) is 60.4 Å². The minimum atomic E-state index is -0.114.